The summed E-state index contributed by atoms with van der Waals surface area (Å²) in [6.07, 6.45) is 4.78. The van der Waals surface area contributed by atoms with Crippen LogP contribution in [0.15, 0.2) is 18.3 Å². The van der Waals surface area contributed by atoms with Crippen molar-refractivity contribution in [3.05, 3.63) is 29.8 Å². The maximum absolute atomic E-state index is 12.9. The van der Waals surface area contributed by atoms with Crippen molar-refractivity contribution >= 4 is 0 Å². The molecule has 1 unspecified atom stereocenters. The van der Waals surface area contributed by atoms with Crippen LogP contribution in [0.5, 0.6) is 0 Å². The Morgan fingerprint density at radius 3 is 2.62 bits per heavy atom. The van der Waals surface area contributed by atoms with E-state index >= 15 is 0 Å². The Labute approximate surface area is 127 Å². The first-order valence-corrected chi connectivity index (χ1v) is 7.77. The monoisotopic (exact) mass is 294 g/mol. The molecule has 0 radical (unpaired) electrons. The van der Waals surface area contributed by atoms with Gasteiger partial charge in [0.25, 0.3) is 0 Å². The van der Waals surface area contributed by atoms with E-state index in [-0.39, 0.29) is 11.9 Å². The number of hydrogen-bond acceptors (Lipinski definition) is 4. The number of pyridine rings is 1. The van der Waals surface area contributed by atoms with Crippen molar-refractivity contribution in [1.29, 1.82) is 0 Å². The third-order valence-corrected chi connectivity index (χ3v) is 4.48. The van der Waals surface area contributed by atoms with Crippen LogP contribution in [0.4, 0.5) is 4.39 Å². The second-order valence-electron chi connectivity index (χ2n) is 6.07. The van der Waals surface area contributed by atoms with Gasteiger partial charge in [0.1, 0.15) is 5.82 Å². The lowest BCUT2D eigenvalue weighted by atomic mass is 10.0. The van der Waals surface area contributed by atoms with Gasteiger partial charge in [-0.3, -0.25) is 4.98 Å². The fourth-order valence-corrected chi connectivity index (χ4v) is 3.00. The van der Waals surface area contributed by atoms with E-state index < -0.39 is 0 Å². The number of piperidine rings is 1. The summed E-state index contributed by atoms with van der Waals surface area (Å²) in [6, 6.07) is 4.17. The molecular weight excluding hydrogens is 267 g/mol. The Bertz CT molecular complexity index is 413. The Morgan fingerprint density at radius 1 is 1.38 bits per heavy atom. The molecule has 0 aliphatic carbocycles. The van der Waals surface area contributed by atoms with Gasteiger partial charge in [0.2, 0.25) is 0 Å². The van der Waals surface area contributed by atoms with Crippen LogP contribution in [-0.4, -0.2) is 61.6 Å². The third kappa shape index (κ3) is 4.73. The van der Waals surface area contributed by atoms with Crippen LogP contribution in [0.3, 0.4) is 0 Å². The zero-order valence-corrected chi connectivity index (χ0v) is 13.3. The van der Waals surface area contributed by atoms with Crippen molar-refractivity contribution in [3.63, 3.8) is 0 Å². The number of nitrogens with zero attached hydrogens (tertiary/aromatic N) is 3. The van der Waals surface area contributed by atoms with E-state index in [1.165, 1.54) is 25.1 Å². The molecule has 0 bridgehead atoms. The Balaban J connectivity index is 1.80. The van der Waals surface area contributed by atoms with E-state index in [4.69, 9.17) is 0 Å². The summed E-state index contributed by atoms with van der Waals surface area (Å²) in [6.45, 7) is 3.39. The van der Waals surface area contributed by atoms with Crippen LogP contribution in [0.25, 0.3) is 0 Å². The molecule has 2 rings (SSSR count). The molecule has 1 aliphatic heterocycles. The SMILES string of the molecule is CNC(CCN1CCC(N(C)C)CC1)c1ccc(F)cn1. The van der Waals surface area contributed by atoms with Crippen LogP contribution >= 0.6 is 0 Å². The van der Waals surface area contributed by atoms with E-state index in [0.29, 0.717) is 0 Å². The first kappa shape index (κ1) is 16.3. The van der Waals surface area contributed by atoms with E-state index in [1.54, 1.807) is 6.07 Å². The summed E-state index contributed by atoms with van der Waals surface area (Å²) in [5.41, 5.74) is 0.919. The molecule has 0 aromatic carbocycles. The van der Waals surface area contributed by atoms with E-state index in [9.17, 15) is 4.39 Å². The van der Waals surface area contributed by atoms with Crippen molar-refractivity contribution in [3.8, 4) is 0 Å². The minimum Gasteiger partial charge on any atom is -0.312 e. The fraction of sp³-hybridized carbons (Fsp3) is 0.688. The van der Waals surface area contributed by atoms with Gasteiger partial charge >= 0.3 is 0 Å². The molecule has 1 aromatic rings. The van der Waals surface area contributed by atoms with Gasteiger partial charge in [0.15, 0.2) is 0 Å². The molecule has 1 atom stereocenters. The Kier molecular flexibility index (Phi) is 6.08. The number of rotatable bonds is 6. The lowest BCUT2D eigenvalue weighted by Crippen LogP contribution is -2.42. The van der Waals surface area contributed by atoms with Crippen LogP contribution in [0, 0.1) is 5.82 Å². The fourth-order valence-electron chi connectivity index (χ4n) is 3.00. The van der Waals surface area contributed by atoms with Gasteiger partial charge in [0, 0.05) is 12.6 Å². The summed E-state index contributed by atoms with van der Waals surface area (Å²) in [5, 5.41) is 3.28. The molecule has 21 heavy (non-hydrogen) atoms. The van der Waals surface area contributed by atoms with Gasteiger partial charge in [-0.25, -0.2) is 4.39 Å². The molecule has 1 fully saturated rings. The van der Waals surface area contributed by atoms with Crippen molar-refractivity contribution in [2.24, 2.45) is 0 Å². The highest BCUT2D eigenvalue weighted by Gasteiger charge is 2.21. The summed E-state index contributed by atoms with van der Waals surface area (Å²) in [7, 11) is 6.27. The number of likely N-dealkylation sites (tertiary alicyclic amines) is 1. The first-order valence-electron chi connectivity index (χ1n) is 7.77. The normalized spacial score (nSPS) is 19.1. The number of aromatic nitrogens is 1. The molecule has 1 N–H and O–H groups in total. The third-order valence-electron chi connectivity index (χ3n) is 4.48. The second-order valence-corrected chi connectivity index (χ2v) is 6.07. The van der Waals surface area contributed by atoms with E-state index in [0.717, 1.165) is 37.8 Å². The molecule has 5 heteroatoms. The van der Waals surface area contributed by atoms with E-state index in [2.05, 4.69) is 34.2 Å². The number of hydrogen-bond donors (Lipinski definition) is 1. The average Bonchev–Trinajstić information content (AvgIpc) is 2.50. The second kappa shape index (κ2) is 7.82. The molecule has 4 nitrogen and oxygen atoms in total. The van der Waals surface area contributed by atoms with Gasteiger partial charge in [-0.05, 0) is 65.6 Å². The molecule has 1 aliphatic rings. The topological polar surface area (TPSA) is 31.4 Å². The lowest BCUT2D eigenvalue weighted by Gasteiger charge is -2.35. The highest BCUT2D eigenvalue weighted by molar-refractivity contribution is 5.09. The lowest BCUT2D eigenvalue weighted by molar-refractivity contribution is 0.141. The maximum atomic E-state index is 12.9. The Hall–Kier alpha value is -1.04. The zero-order valence-electron chi connectivity index (χ0n) is 13.3. The minimum atomic E-state index is -0.278. The van der Waals surface area contributed by atoms with E-state index in [1.807, 2.05) is 7.05 Å². The summed E-state index contributed by atoms with van der Waals surface area (Å²) >= 11 is 0. The van der Waals surface area contributed by atoms with Gasteiger partial charge in [0.05, 0.1) is 17.9 Å². The van der Waals surface area contributed by atoms with Gasteiger partial charge in [-0.15, -0.1) is 0 Å². The molecular formula is C16H27FN4. The molecule has 0 spiro atoms. The van der Waals surface area contributed by atoms with Crippen LogP contribution in [0.2, 0.25) is 0 Å². The molecule has 1 saturated heterocycles. The van der Waals surface area contributed by atoms with Gasteiger partial charge in [-0.2, -0.15) is 0 Å². The van der Waals surface area contributed by atoms with Crippen LogP contribution < -0.4 is 5.32 Å². The minimum absolute atomic E-state index is 0.192. The first-order chi connectivity index (χ1) is 10.1. The quantitative estimate of drug-likeness (QED) is 0.868. The van der Waals surface area contributed by atoms with Crippen molar-refractivity contribution < 1.29 is 4.39 Å². The smallest absolute Gasteiger partial charge is 0.141 e. The molecule has 0 saturated carbocycles. The average molecular weight is 294 g/mol. The van der Waals surface area contributed by atoms with Crippen LogP contribution in [-0.2, 0) is 0 Å². The number of nitrogens with one attached hydrogen (secondary N) is 1. The predicted molar refractivity (Wildman–Crippen MR) is 83.8 cm³/mol. The largest absolute Gasteiger partial charge is 0.312 e. The highest BCUT2D eigenvalue weighted by atomic mass is 19.1. The summed E-state index contributed by atoms with van der Waals surface area (Å²) in [5.74, 6) is -0.278. The van der Waals surface area contributed by atoms with Gasteiger partial charge < -0.3 is 15.1 Å². The molecule has 2 heterocycles. The maximum Gasteiger partial charge on any atom is 0.141 e. The molecule has 118 valence electrons. The van der Waals surface area contributed by atoms with Crippen LogP contribution in [0.1, 0.15) is 31.0 Å². The molecule has 0 amide bonds. The predicted octanol–water partition coefficient (Wildman–Crippen LogP) is 1.90. The standard InChI is InChI=1S/C16H27FN4/c1-18-15(16-5-4-13(17)12-19-16)8-11-21-9-6-14(7-10-21)20(2)3/h4-5,12,14-15,18H,6-11H2,1-3H3. The highest BCUT2D eigenvalue weighted by Crippen LogP contribution is 2.18. The zero-order chi connectivity index (χ0) is 15.2. The van der Waals surface area contributed by atoms with Crippen molar-refractivity contribution in [2.45, 2.75) is 31.3 Å². The van der Waals surface area contributed by atoms with Gasteiger partial charge in [-0.1, -0.05) is 0 Å². The summed E-state index contributed by atoms with van der Waals surface area (Å²) in [4.78, 5) is 9.04. The number of halogens is 1. The molecule has 1 aromatic heterocycles. The van der Waals surface area contributed by atoms with Crippen molar-refractivity contribution in [1.82, 2.24) is 20.1 Å². The Morgan fingerprint density at radius 2 is 2.10 bits per heavy atom. The summed E-state index contributed by atoms with van der Waals surface area (Å²) < 4.78 is 12.9. The van der Waals surface area contributed by atoms with Crippen molar-refractivity contribution in [2.75, 3.05) is 40.8 Å².